The van der Waals surface area contributed by atoms with Crippen LogP contribution < -0.4 is 0 Å². The molecular weight excluding hydrogens is 188 g/mol. The minimum Gasteiger partial charge on any atom is -0.466 e. The lowest BCUT2D eigenvalue weighted by Gasteiger charge is -1.99. The van der Waals surface area contributed by atoms with E-state index in [-0.39, 0.29) is 5.97 Å². The molecule has 0 unspecified atom stereocenters. The lowest BCUT2D eigenvalue weighted by molar-refractivity contribution is -0.143. The quantitative estimate of drug-likeness (QED) is 0.347. The van der Waals surface area contributed by atoms with Gasteiger partial charge in [-0.3, -0.25) is 4.79 Å². The molecule has 2 heteroatoms. The molecule has 0 aromatic rings. The third-order valence-electron chi connectivity index (χ3n) is 1.98. The molecule has 0 fully saturated rings. The van der Waals surface area contributed by atoms with E-state index in [4.69, 9.17) is 4.74 Å². The zero-order valence-electron chi connectivity index (χ0n) is 9.87. The van der Waals surface area contributed by atoms with Crippen LogP contribution in [0.3, 0.4) is 0 Å². The van der Waals surface area contributed by atoms with Gasteiger partial charge >= 0.3 is 5.97 Å². The van der Waals surface area contributed by atoms with E-state index < -0.39 is 0 Å². The second-order valence-electron chi connectivity index (χ2n) is 3.33. The van der Waals surface area contributed by atoms with Crippen LogP contribution in [0.2, 0.25) is 0 Å². The first kappa shape index (κ1) is 13.9. The molecule has 0 amide bonds. The number of carbonyl (C=O) groups excluding carboxylic acids is 1. The van der Waals surface area contributed by atoms with Crippen LogP contribution in [0.5, 0.6) is 0 Å². The van der Waals surface area contributed by atoms with Gasteiger partial charge in [-0.1, -0.05) is 24.3 Å². The summed E-state index contributed by atoms with van der Waals surface area (Å²) in [7, 11) is 0. The Morgan fingerprint density at radius 2 is 2.00 bits per heavy atom. The second kappa shape index (κ2) is 11.0. The second-order valence-corrected chi connectivity index (χ2v) is 3.33. The highest BCUT2D eigenvalue weighted by atomic mass is 16.5. The summed E-state index contributed by atoms with van der Waals surface area (Å²) in [5.74, 6) is -0.0737. The van der Waals surface area contributed by atoms with Crippen LogP contribution in [-0.4, -0.2) is 12.6 Å². The minimum atomic E-state index is -0.0737. The highest BCUT2D eigenvalue weighted by molar-refractivity contribution is 5.69. The number of unbranched alkanes of at least 4 members (excludes halogenated alkanes) is 2. The number of ether oxygens (including phenoxy) is 1. The molecule has 0 saturated heterocycles. The third kappa shape index (κ3) is 10.9. The molecule has 2 nitrogen and oxygen atoms in total. The summed E-state index contributed by atoms with van der Waals surface area (Å²) in [6.45, 7) is 4.34. The van der Waals surface area contributed by atoms with Gasteiger partial charge in [0.2, 0.25) is 0 Å². The fourth-order valence-corrected chi connectivity index (χ4v) is 1.19. The molecule has 0 N–H and O–H groups in total. The highest BCUT2D eigenvalue weighted by Crippen LogP contribution is 2.02. The van der Waals surface area contributed by atoms with Crippen molar-refractivity contribution in [1.29, 1.82) is 0 Å². The predicted octanol–water partition coefficient (Wildman–Crippen LogP) is 3.63. The van der Waals surface area contributed by atoms with Crippen LogP contribution in [0.15, 0.2) is 24.3 Å². The molecule has 0 spiro atoms. The lowest BCUT2D eigenvalue weighted by atomic mass is 10.2. The van der Waals surface area contributed by atoms with Gasteiger partial charge in [-0.05, 0) is 39.5 Å². The van der Waals surface area contributed by atoms with E-state index in [0.29, 0.717) is 13.0 Å². The fourth-order valence-electron chi connectivity index (χ4n) is 1.19. The van der Waals surface area contributed by atoms with Crippen molar-refractivity contribution in [3.8, 4) is 0 Å². The fraction of sp³-hybridized carbons (Fsp3) is 0.615. The van der Waals surface area contributed by atoms with Gasteiger partial charge in [-0.25, -0.2) is 0 Å². The zero-order chi connectivity index (χ0) is 11.4. The van der Waals surface area contributed by atoms with Crippen LogP contribution in [0.25, 0.3) is 0 Å². The van der Waals surface area contributed by atoms with Crippen molar-refractivity contribution >= 4 is 5.97 Å². The van der Waals surface area contributed by atoms with Crippen molar-refractivity contribution in [2.24, 2.45) is 0 Å². The van der Waals surface area contributed by atoms with Gasteiger partial charge in [0.05, 0.1) is 6.61 Å². The van der Waals surface area contributed by atoms with Gasteiger partial charge in [-0.2, -0.15) is 0 Å². The minimum absolute atomic E-state index is 0.0737. The summed E-state index contributed by atoms with van der Waals surface area (Å²) in [4.78, 5) is 11.0. The number of esters is 1. The van der Waals surface area contributed by atoms with Crippen molar-refractivity contribution in [1.82, 2.24) is 0 Å². The zero-order valence-corrected chi connectivity index (χ0v) is 9.87. The maximum absolute atomic E-state index is 11.0. The number of rotatable bonds is 8. The Morgan fingerprint density at radius 3 is 2.67 bits per heavy atom. The Bertz CT molecular complexity index is 205. The SMILES string of the molecule is C/C=C/C/C=C/CCCCC(=O)OCC. The third-order valence-corrected chi connectivity index (χ3v) is 1.98. The molecule has 0 saturated carbocycles. The van der Waals surface area contributed by atoms with Crippen LogP contribution in [-0.2, 0) is 9.53 Å². The summed E-state index contributed by atoms with van der Waals surface area (Å²) in [5.41, 5.74) is 0. The summed E-state index contributed by atoms with van der Waals surface area (Å²) in [6, 6.07) is 0. The van der Waals surface area contributed by atoms with E-state index in [1.807, 2.05) is 19.9 Å². The number of hydrogen-bond acceptors (Lipinski definition) is 2. The van der Waals surface area contributed by atoms with E-state index in [1.54, 1.807) is 0 Å². The number of allylic oxidation sites excluding steroid dienone is 4. The normalized spacial score (nSPS) is 11.3. The lowest BCUT2D eigenvalue weighted by Crippen LogP contribution is -2.02. The van der Waals surface area contributed by atoms with Gasteiger partial charge in [0.15, 0.2) is 0 Å². The first-order valence-corrected chi connectivity index (χ1v) is 5.73. The molecule has 0 aliphatic rings. The average molecular weight is 210 g/mol. The number of carbonyl (C=O) groups is 1. The molecular formula is C13H22O2. The molecule has 0 bridgehead atoms. The molecule has 15 heavy (non-hydrogen) atoms. The van der Waals surface area contributed by atoms with Crippen molar-refractivity contribution in [2.75, 3.05) is 6.61 Å². The van der Waals surface area contributed by atoms with Crippen LogP contribution >= 0.6 is 0 Å². The van der Waals surface area contributed by atoms with Crippen molar-refractivity contribution in [3.63, 3.8) is 0 Å². The summed E-state index contributed by atoms with van der Waals surface area (Å²) in [5, 5.41) is 0. The first-order valence-electron chi connectivity index (χ1n) is 5.73. The van der Waals surface area contributed by atoms with E-state index in [9.17, 15) is 4.79 Å². The molecule has 0 aliphatic heterocycles. The van der Waals surface area contributed by atoms with E-state index in [0.717, 1.165) is 25.7 Å². The van der Waals surface area contributed by atoms with Crippen molar-refractivity contribution < 1.29 is 9.53 Å². The Kier molecular flexibility index (Phi) is 10.3. The van der Waals surface area contributed by atoms with Crippen LogP contribution in [0, 0.1) is 0 Å². The van der Waals surface area contributed by atoms with Crippen molar-refractivity contribution in [3.05, 3.63) is 24.3 Å². The average Bonchev–Trinajstić information content (AvgIpc) is 2.22. The Hall–Kier alpha value is -1.05. The van der Waals surface area contributed by atoms with Gasteiger partial charge in [0.25, 0.3) is 0 Å². The predicted molar refractivity (Wildman–Crippen MR) is 63.7 cm³/mol. The molecule has 0 heterocycles. The maximum Gasteiger partial charge on any atom is 0.305 e. The topological polar surface area (TPSA) is 26.3 Å². The van der Waals surface area contributed by atoms with Gasteiger partial charge in [0.1, 0.15) is 0 Å². The summed E-state index contributed by atoms with van der Waals surface area (Å²) >= 11 is 0. The molecule has 0 aromatic heterocycles. The van der Waals surface area contributed by atoms with E-state index in [1.165, 1.54) is 0 Å². The van der Waals surface area contributed by atoms with Gasteiger partial charge < -0.3 is 4.74 Å². The van der Waals surface area contributed by atoms with E-state index in [2.05, 4.69) is 18.2 Å². The van der Waals surface area contributed by atoms with Crippen LogP contribution in [0.4, 0.5) is 0 Å². The van der Waals surface area contributed by atoms with Crippen molar-refractivity contribution in [2.45, 2.75) is 46.0 Å². The Morgan fingerprint density at radius 1 is 1.20 bits per heavy atom. The molecule has 86 valence electrons. The Balaban J connectivity index is 3.24. The molecule has 0 rings (SSSR count). The van der Waals surface area contributed by atoms with Gasteiger partial charge in [0, 0.05) is 6.42 Å². The molecule has 0 aromatic carbocycles. The maximum atomic E-state index is 11.0. The smallest absolute Gasteiger partial charge is 0.305 e. The van der Waals surface area contributed by atoms with Gasteiger partial charge in [-0.15, -0.1) is 0 Å². The monoisotopic (exact) mass is 210 g/mol. The largest absolute Gasteiger partial charge is 0.466 e. The molecule has 0 radical (unpaired) electrons. The molecule has 0 aliphatic carbocycles. The van der Waals surface area contributed by atoms with Crippen LogP contribution in [0.1, 0.15) is 46.0 Å². The molecule has 0 atom stereocenters. The Labute approximate surface area is 93.0 Å². The first-order chi connectivity index (χ1) is 7.31. The summed E-state index contributed by atoms with van der Waals surface area (Å²) < 4.78 is 4.84. The standard InChI is InChI=1S/C13H22O2/c1-3-5-6-7-8-9-10-11-12-13(14)15-4-2/h3,5,7-8H,4,6,9-12H2,1-2H3/b5-3+,8-7+. The number of hydrogen-bond donors (Lipinski definition) is 0. The highest BCUT2D eigenvalue weighted by Gasteiger charge is 1.99. The summed E-state index contributed by atoms with van der Waals surface area (Å²) in [6.07, 6.45) is 13.1. The van der Waals surface area contributed by atoms with E-state index >= 15 is 0 Å².